The van der Waals surface area contributed by atoms with Gasteiger partial charge >= 0.3 is 5.97 Å². The highest BCUT2D eigenvalue weighted by Crippen LogP contribution is 2.29. The molecule has 0 saturated heterocycles. The highest BCUT2D eigenvalue weighted by molar-refractivity contribution is 6.43. The summed E-state index contributed by atoms with van der Waals surface area (Å²) in [5, 5.41) is 1.31. The summed E-state index contributed by atoms with van der Waals surface area (Å²) in [5.74, 6) is -0.278. The zero-order valence-electron chi connectivity index (χ0n) is 9.17. The molecule has 0 aliphatic rings. The predicted molar refractivity (Wildman–Crippen MR) is 71.8 cm³/mol. The molecule has 0 N–H and O–H groups in total. The SMILES string of the molecule is CCOC(=O)CC=Cc1cc(Cl)c(Cl)cc1Cl. The average molecular weight is 294 g/mol. The minimum atomic E-state index is -0.278. The van der Waals surface area contributed by atoms with Gasteiger partial charge in [-0.2, -0.15) is 0 Å². The van der Waals surface area contributed by atoms with Gasteiger partial charge < -0.3 is 4.74 Å². The number of ether oxygens (including phenoxy) is 1. The molecule has 1 aromatic carbocycles. The lowest BCUT2D eigenvalue weighted by molar-refractivity contribution is -0.142. The van der Waals surface area contributed by atoms with Crippen LogP contribution in [0.25, 0.3) is 6.08 Å². The van der Waals surface area contributed by atoms with Crippen molar-refractivity contribution in [3.63, 3.8) is 0 Å². The van der Waals surface area contributed by atoms with Crippen molar-refractivity contribution in [2.45, 2.75) is 13.3 Å². The van der Waals surface area contributed by atoms with Crippen LogP contribution in [-0.4, -0.2) is 12.6 Å². The van der Waals surface area contributed by atoms with Gasteiger partial charge in [0.05, 0.1) is 23.1 Å². The number of carbonyl (C=O) groups excluding carboxylic acids is 1. The summed E-state index contributed by atoms with van der Waals surface area (Å²) >= 11 is 17.6. The fraction of sp³-hybridized carbons (Fsp3) is 0.250. The highest BCUT2D eigenvalue weighted by Gasteiger charge is 2.03. The first kappa shape index (κ1) is 14.4. The third kappa shape index (κ3) is 4.58. The minimum absolute atomic E-state index is 0.199. The molecule has 5 heteroatoms. The van der Waals surface area contributed by atoms with Gasteiger partial charge in [0, 0.05) is 5.02 Å². The van der Waals surface area contributed by atoms with Gasteiger partial charge in [-0.1, -0.05) is 47.0 Å². The van der Waals surface area contributed by atoms with E-state index in [4.69, 9.17) is 39.5 Å². The summed E-state index contributed by atoms with van der Waals surface area (Å²) in [6.07, 6.45) is 3.58. The van der Waals surface area contributed by atoms with E-state index in [-0.39, 0.29) is 12.4 Å². The molecule has 92 valence electrons. The van der Waals surface area contributed by atoms with Crippen LogP contribution >= 0.6 is 34.8 Å². The molecule has 0 spiro atoms. The van der Waals surface area contributed by atoms with Crippen LogP contribution in [0.1, 0.15) is 18.9 Å². The van der Waals surface area contributed by atoms with Crippen LogP contribution in [0.3, 0.4) is 0 Å². The van der Waals surface area contributed by atoms with Gasteiger partial charge in [-0.25, -0.2) is 0 Å². The first-order valence-corrected chi connectivity index (χ1v) is 6.14. The van der Waals surface area contributed by atoms with Crippen LogP contribution in [0.15, 0.2) is 18.2 Å². The monoisotopic (exact) mass is 292 g/mol. The number of esters is 1. The van der Waals surface area contributed by atoms with Crippen LogP contribution < -0.4 is 0 Å². The molecule has 2 nitrogen and oxygen atoms in total. The molecule has 0 heterocycles. The molecule has 0 aromatic heterocycles. The summed E-state index contributed by atoms with van der Waals surface area (Å²) in [5.41, 5.74) is 0.713. The molecule has 0 saturated carbocycles. The lowest BCUT2D eigenvalue weighted by atomic mass is 10.2. The molecule has 0 fully saturated rings. The number of hydrogen-bond donors (Lipinski definition) is 0. The van der Waals surface area contributed by atoms with E-state index >= 15 is 0 Å². The molecule has 1 aromatic rings. The Morgan fingerprint density at radius 2 is 1.88 bits per heavy atom. The van der Waals surface area contributed by atoms with Crippen molar-refractivity contribution in [3.05, 3.63) is 38.8 Å². The third-order valence-corrected chi connectivity index (χ3v) is 2.98. The Hall–Kier alpha value is -0.700. The normalized spacial score (nSPS) is 10.8. The van der Waals surface area contributed by atoms with E-state index in [1.54, 1.807) is 31.2 Å². The molecule has 0 radical (unpaired) electrons. The van der Waals surface area contributed by atoms with Crippen LogP contribution in [0.2, 0.25) is 15.1 Å². The van der Waals surface area contributed by atoms with Gasteiger partial charge in [-0.3, -0.25) is 4.79 Å². The molecule has 0 bridgehead atoms. The van der Waals surface area contributed by atoms with Gasteiger partial charge in [0.2, 0.25) is 0 Å². The average Bonchev–Trinajstić information content (AvgIpc) is 2.26. The Morgan fingerprint density at radius 3 is 2.53 bits per heavy atom. The van der Waals surface area contributed by atoms with Crippen molar-refractivity contribution >= 4 is 46.8 Å². The number of benzene rings is 1. The molecular formula is C12H11Cl3O2. The minimum Gasteiger partial charge on any atom is -0.466 e. The van der Waals surface area contributed by atoms with E-state index in [9.17, 15) is 4.79 Å². The molecule has 1 rings (SSSR count). The Bertz CT molecular complexity index is 442. The van der Waals surface area contributed by atoms with Crippen LogP contribution in [-0.2, 0) is 9.53 Å². The number of halogens is 3. The first-order valence-electron chi connectivity index (χ1n) is 5.01. The maximum Gasteiger partial charge on any atom is 0.309 e. The highest BCUT2D eigenvalue weighted by atomic mass is 35.5. The number of hydrogen-bond acceptors (Lipinski definition) is 2. The maximum atomic E-state index is 11.1. The van der Waals surface area contributed by atoms with Crippen LogP contribution in [0.4, 0.5) is 0 Å². The summed E-state index contributed by atoms with van der Waals surface area (Å²) in [4.78, 5) is 11.1. The van der Waals surface area contributed by atoms with Crippen molar-refractivity contribution in [2.24, 2.45) is 0 Å². The van der Waals surface area contributed by atoms with E-state index in [0.29, 0.717) is 27.2 Å². The Balaban J connectivity index is 2.71. The first-order chi connectivity index (χ1) is 8.04. The standard InChI is InChI=1S/C12H11Cl3O2/c1-2-17-12(16)5-3-4-8-6-10(14)11(15)7-9(8)13/h3-4,6-7H,2,5H2,1H3. The van der Waals surface area contributed by atoms with Gasteiger partial charge in [-0.15, -0.1) is 0 Å². The second-order valence-corrected chi connectivity index (χ2v) is 4.42. The fourth-order valence-corrected chi connectivity index (χ4v) is 1.79. The summed E-state index contributed by atoms with van der Waals surface area (Å²) in [7, 11) is 0. The van der Waals surface area contributed by atoms with E-state index < -0.39 is 0 Å². The van der Waals surface area contributed by atoms with E-state index in [0.717, 1.165) is 0 Å². The Kier molecular flexibility index (Phi) is 5.83. The molecule has 0 atom stereocenters. The van der Waals surface area contributed by atoms with Gasteiger partial charge in [0.1, 0.15) is 0 Å². The maximum absolute atomic E-state index is 11.1. The lowest BCUT2D eigenvalue weighted by Gasteiger charge is -2.02. The molecule has 0 unspecified atom stereocenters. The summed E-state index contributed by atoms with van der Waals surface area (Å²) < 4.78 is 4.78. The second-order valence-electron chi connectivity index (χ2n) is 3.20. The summed E-state index contributed by atoms with van der Waals surface area (Å²) in [6, 6.07) is 3.21. The van der Waals surface area contributed by atoms with E-state index in [1.807, 2.05) is 0 Å². The fourth-order valence-electron chi connectivity index (χ4n) is 1.17. The molecule has 0 amide bonds. The van der Waals surface area contributed by atoms with Crippen molar-refractivity contribution in [1.82, 2.24) is 0 Å². The van der Waals surface area contributed by atoms with E-state index in [2.05, 4.69) is 0 Å². The Morgan fingerprint density at radius 1 is 1.24 bits per heavy atom. The summed E-state index contributed by atoms with van der Waals surface area (Å²) in [6.45, 7) is 2.14. The largest absolute Gasteiger partial charge is 0.466 e. The predicted octanol–water partition coefficient (Wildman–Crippen LogP) is 4.61. The molecule has 0 aliphatic heterocycles. The second kappa shape index (κ2) is 6.90. The molecule has 0 aliphatic carbocycles. The topological polar surface area (TPSA) is 26.3 Å². The lowest BCUT2D eigenvalue weighted by Crippen LogP contribution is -2.01. The van der Waals surface area contributed by atoms with Gasteiger partial charge in [-0.05, 0) is 24.6 Å². The zero-order chi connectivity index (χ0) is 12.8. The molecule has 17 heavy (non-hydrogen) atoms. The van der Waals surface area contributed by atoms with E-state index in [1.165, 1.54) is 0 Å². The Labute approximate surface area is 115 Å². The van der Waals surface area contributed by atoms with Crippen LogP contribution in [0, 0.1) is 0 Å². The van der Waals surface area contributed by atoms with Crippen molar-refractivity contribution in [2.75, 3.05) is 6.61 Å². The quantitative estimate of drug-likeness (QED) is 0.598. The van der Waals surface area contributed by atoms with Gasteiger partial charge in [0.15, 0.2) is 0 Å². The molecular weight excluding hydrogens is 282 g/mol. The smallest absolute Gasteiger partial charge is 0.309 e. The zero-order valence-corrected chi connectivity index (χ0v) is 11.4. The number of carbonyl (C=O) groups is 1. The van der Waals surface area contributed by atoms with Crippen LogP contribution in [0.5, 0.6) is 0 Å². The number of rotatable bonds is 4. The van der Waals surface area contributed by atoms with Crippen molar-refractivity contribution in [1.29, 1.82) is 0 Å². The van der Waals surface area contributed by atoms with Gasteiger partial charge in [0.25, 0.3) is 0 Å². The van der Waals surface area contributed by atoms with Crippen molar-refractivity contribution in [3.8, 4) is 0 Å². The van der Waals surface area contributed by atoms with Crippen molar-refractivity contribution < 1.29 is 9.53 Å². The third-order valence-electron chi connectivity index (χ3n) is 1.93.